The smallest absolute Gasteiger partial charge is 0.254 e. The minimum absolute atomic E-state index is 0.0665. The first-order chi connectivity index (χ1) is 9.69. The summed E-state index contributed by atoms with van der Waals surface area (Å²) >= 11 is 0. The second-order valence-electron chi connectivity index (χ2n) is 4.87. The largest absolute Gasteiger partial charge is 0.497 e. The van der Waals surface area contributed by atoms with Crippen molar-refractivity contribution in [3.8, 4) is 5.75 Å². The number of carbonyl (C=O) groups excluding carboxylic acids is 1. The Bertz CT molecular complexity index is 421. The summed E-state index contributed by atoms with van der Waals surface area (Å²) in [6, 6.07) is 4.26. The molecule has 1 aromatic rings. The van der Waals surface area contributed by atoms with Crippen molar-refractivity contribution in [1.82, 2.24) is 5.32 Å². The van der Waals surface area contributed by atoms with E-state index in [1.165, 1.54) is 44.9 Å². The highest BCUT2D eigenvalue weighted by atomic mass is 19.1. The van der Waals surface area contributed by atoms with Crippen LogP contribution in [0.15, 0.2) is 18.2 Å². The van der Waals surface area contributed by atoms with Crippen LogP contribution >= 0.6 is 0 Å². The van der Waals surface area contributed by atoms with Gasteiger partial charge in [0.15, 0.2) is 0 Å². The minimum Gasteiger partial charge on any atom is -0.497 e. The van der Waals surface area contributed by atoms with Crippen LogP contribution in [0.25, 0.3) is 0 Å². The number of benzene rings is 1. The Balaban J connectivity index is 2.29. The van der Waals surface area contributed by atoms with Crippen molar-refractivity contribution in [1.29, 1.82) is 0 Å². The molecule has 1 N–H and O–H groups in total. The van der Waals surface area contributed by atoms with E-state index in [9.17, 15) is 9.18 Å². The third-order valence-electron chi connectivity index (χ3n) is 3.24. The number of nitrogens with one attached hydrogen (secondary N) is 1. The summed E-state index contributed by atoms with van der Waals surface area (Å²) in [4.78, 5) is 11.8. The molecular formula is C16H24FNO2. The van der Waals surface area contributed by atoms with Gasteiger partial charge in [-0.3, -0.25) is 4.79 Å². The highest BCUT2D eigenvalue weighted by Crippen LogP contribution is 2.16. The van der Waals surface area contributed by atoms with Gasteiger partial charge >= 0.3 is 0 Å². The zero-order chi connectivity index (χ0) is 14.8. The molecular weight excluding hydrogens is 257 g/mol. The molecule has 0 bridgehead atoms. The number of halogens is 1. The van der Waals surface area contributed by atoms with E-state index in [2.05, 4.69) is 12.2 Å². The lowest BCUT2D eigenvalue weighted by Crippen LogP contribution is -2.25. The van der Waals surface area contributed by atoms with Gasteiger partial charge in [-0.25, -0.2) is 4.39 Å². The van der Waals surface area contributed by atoms with Crippen LogP contribution in [-0.2, 0) is 0 Å². The van der Waals surface area contributed by atoms with E-state index in [0.29, 0.717) is 12.3 Å². The first-order valence-corrected chi connectivity index (χ1v) is 7.30. The molecule has 4 heteroatoms. The summed E-state index contributed by atoms with van der Waals surface area (Å²) in [7, 11) is 1.47. The summed E-state index contributed by atoms with van der Waals surface area (Å²) in [5.74, 6) is -0.501. The van der Waals surface area contributed by atoms with Crippen molar-refractivity contribution < 1.29 is 13.9 Å². The fraction of sp³-hybridized carbons (Fsp3) is 0.562. The van der Waals surface area contributed by atoms with Crippen molar-refractivity contribution in [2.75, 3.05) is 13.7 Å². The van der Waals surface area contributed by atoms with E-state index in [4.69, 9.17) is 4.74 Å². The van der Waals surface area contributed by atoms with E-state index in [1.54, 1.807) is 6.07 Å². The topological polar surface area (TPSA) is 38.3 Å². The molecule has 0 saturated heterocycles. The standard InChI is InChI=1S/C16H24FNO2/c1-3-4-5-6-7-8-11-18-16(19)14-10-9-13(20-2)12-15(14)17/h9-10,12H,3-8,11H2,1-2H3,(H,18,19). The molecule has 0 aliphatic heterocycles. The lowest BCUT2D eigenvalue weighted by atomic mass is 10.1. The Morgan fingerprint density at radius 1 is 1.20 bits per heavy atom. The molecule has 0 aliphatic rings. The molecule has 1 rings (SSSR count). The molecule has 20 heavy (non-hydrogen) atoms. The minimum atomic E-state index is -0.551. The van der Waals surface area contributed by atoms with Crippen LogP contribution in [0.1, 0.15) is 55.8 Å². The highest BCUT2D eigenvalue weighted by molar-refractivity contribution is 5.94. The van der Waals surface area contributed by atoms with Crippen LogP contribution in [0.2, 0.25) is 0 Å². The van der Waals surface area contributed by atoms with Gasteiger partial charge in [-0.15, -0.1) is 0 Å². The van der Waals surface area contributed by atoms with Crippen LogP contribution in [0.5, 0.6) is 5.75 Å². The highest BCUT2D eigenvalue weighted by Gasteiger charge is 2.11. The van der Waals surface area contributed by atoms with E-state index >= 15 is 0 Å². The predicted octanol–water partition coefficient (Wildman–Crippen LogP) is 3.92. The molecule has 112 valence electrons. The molecule has 3 nitrogen and oxygen atoms in total. The van der Waals surface area contributed by atoms with Crippen LogP contribution in [0.4, 0.5) is 4.39 Å². The molecule has 0 saturated carbocycles. The zero-order valence-electron chi connectivity index (χ0n) is 12.4. The maximum atomic E-state index is 13.7. The molecule has 1 aromatic carbocycles. The number of ether oxygens (including phenoxy) is 1. The number of carbonyl (C=O) groups is 1. The third kappa shape index (κ3) is 5.59. The normalized spacial score (nSPS) is 10.3. The number of rotatable bonds is 9. The van der Waals surface area contributed by atoms with Gasteiger partial charge in [-0.05, 0) is 18.6 Å². The average molecular weight is 281 g/mol. The van der Waals surface area contributed by atoms with Crippen LogP contribution in [0.3, 0.4) is 0 Å². The lowest BCUT2D eigenvalue weighted by Gasteiger charge is -2.07. The summed E-state index contributed by atoms with van der Waals surface area (Å²) in [5.41, 5.74) is 0.0665. The van der Waals surface area contributed by atoms with Gasteiger partial charge in [0.1, 0.15) is 11.6 Å². The Kier molecular flexibility index (Phi) is 7.70. The van der Waals surface area contributed by atoms with Gasteiger partial charge in [0.2, 0.25) is 0 Å². The molecule has 0 fully saturated rings. The van der Waals surface area contributed by atoms with Gasteiger partial charge in [-0.1, -0.05) is 39.0 Å². The van der Waals surface area contributed by atoms with Gasteiger partial charge in [0, 0.05) is 12.6 Å². The van der Waals surface area contributed by atoms with Crippen molar-refractivity contribution in [3.05, 3.63) is 29.6 Å². The Morgan fingerprint density at radius 3 is 2.55 bits per heavy atom. The number of amides is 1. The van der Waals surface area contributed by atoms with Crippen LogP contribution in [0, 0.1) is 5.82 Å². The van der Waals surface area contributed by atoms with Crippen molar-refractivity contribution in [3.63, 3.8) is 0 Å². The molecule has 1 amide bonds. The summed E-state index contributed by atoms with van der Waals surface area (Å²) in [6.45, 7) is 2.78. The fourth-order valence-corrected chi connectivity index (χ4v) is 2.01. The first kappa shape index (κ1) is 16.5. The number of unbranched alkanes of at least 4 members (excludes halogenated alkanes) is 5. The molecule has 0 aromatic heterocycles. The van der Waals surface area contributed by atoms with Crippen molar-refractivity contribution in [2.45, 2.75) is 45.4 Å². The molecule has 0 unspecified atom stereocenters. The van der Waals surface area contributed by atoms with Gasteiger partial charge < -0.3 is 10.1 Å². The Hall–Kier alpha value is -1.58. The third-order valence-corrected chi connectivity index (χ3v) is 3.24. The lowest BCUT2D eigenvalue weighted by molar-refractivity contribution is 0.0949. The van der Waals surface area contributed by atoms with Gasteiger partial charge in [0.05, 0.1) is 12.7 Å². The van der Waals surface area contributed by atoms with E-state index in [0.717, 1.165) is 12.8 Å². The monoisotopic (exact) mass is 281 g/mol. The summed E-state index contributed by atoms with van der Waals surface area (Å²) in [5, 5.41) is 2.75. The predicted molar refractivity (Wildman–Crippen MR) is 78.7 cm³/mol. The maximum absolute atomic E-state index is 13.7. The Morgan fingerprint density at radius 2 is 1.90 bits per heavy atom. The van der Waals surface area contributed by atoms with E-state index in [-0.39, 0.29) is 11.5 Å². The molecule has 0 heterocycles. The second kappa shape index (κ2) is 9.34. The fourth-order valence-electron chi connectivity index (χ4n) is 2.01. The number of hydrogen-bond donors (Lipinski definition) is 1. The Labute approximate surface area is 120 Å². The summed E-state index contributed by atoms with van der Waals surface area (Å²) < 4.78 is 18.6. The van der Waals surface area contributed by atoms with Gasteiger partial charge in [-0.2, -0.15) is 0 Å². The molecule has 0 spiro atoms. The van der Waals surface area contributed by atoms with Crippen molar-refractivity contribution >= 4 is 5.91 Å². The van der Waals surface area contributed by atoms with E-state index in [1.807, 2.05) is 0 Å². The molecule has 0 atom stereocenters. The number of methoxy groups -OCH3 is 1. The summed E-state index contributed by atoms with van der Waals surface area (Å²) in [6.07, 6.45) is 6.98. The molecule has 0 radical (unpaired) electrons. The maximum Gasteiger partial charge on any atom is 0.254 e. The van der Waals surface area contributed by atoms with Crippen LogP contribution in [-0.4, -0.2) is 19.6 Å². The quantitative estimate of drug-likeness (QED) is 0.697. The van der Waals surface area contributed by atoms with Crippen LogP contribution < -0.4 is 10.1 Å². The zero-order valence-corrected chi connectivity index (χ0v) is 12.4. The first-order valence-electron chi connectivity index (χ1n) is 7.30. The number of hydrogen-bond acceptors (Lipinski definition) is 2. The average Bonchev–Trinajstić information content (AvgIpc) is 2.45. The van der Waals surface area contributed by atoms with E-state index < -0.39 is 5.82 Å². The second-order valence-corrected chi connectivity index (χ2v) is 4.87. The SMILES string of the molecule is CCCCCCCCNC(=O)c1ccc(OC)cc1F. The molecule has 0 aliphatic carbocycles. The van der Waals surface area contributed by atoms with Gasteiger partial charge in [0.25, 0.3) is 5.91 Å². The van der Waals surface area contributed by atoms with Crippen molar-refractivity contribution in [2.24, 2.45) is 0 Å².